The first-order valence-electron chi connectivity index (χ1n) is 6.77. The fourth-order valence-electron chi connectivity index (χ4n) is 2.16. The third-order valence-corrected chi connectivity index (χ3v) is 3.12. The Kier molecular flexibility index (Phi) is 4.80. The lowest BCUT2D eigenvalue weighted by molar-refractivity contribution is -0.138. The zero-order valence-electron chi connectivity index (χ0n) is 11.2. The van der Waals surface area contributed by atoms with Gasteiger partial charge in [-0.15, -0.1) is 0 Å². The Morgan fingerprint density at radius 2 is 1.89 bits per heavy atom. The highest BCUT2D eigenvalue weighted by Gasteiger charge is 2.18. The van der Waals surface area contributed by atoms with Gasteiger partial charge in [0.2, 0.25) is 0 Å². The Morgan fingerprint density at radius 3 is 2.63 bits per heavy atom. The summed E-state index contributed by atoms with van der Waals surface area (Å²) in [5.74, 6) is 6.09. The molecule has 2 rings (SSSR count). The summed E-state index contributed by atoms with van der Waals surface area (Å²) in [5, 5.41) is 0. The van der Waals surface area contributed by atoms with Crippen LogP contribution >= 0.6 is 0 Å². The van der Waals surface area contributed by atoms with Gasteiger partial charge in [-0.05, 0) is 44.7 Å². The highest BCUT2D eigenvalue weighted by Crippen LogP contribution is 2.25. The minimum absolute atomic E-state index is 0.195. The zero-order valence-corrected chi connectivity index (χ0v) is 11.2. The Labute approximate surface area is 114 Å². The maximum atomic E-state index is 11.9. The fraction of sp³-hybridized carbons (Fsp3) is 0.353. The van der Waals surface area contributed by atoms with Crippen molar-refractivity contribution in [1.29, 1.82) is 0 Å². The summed E-state index contributed by atoms with van der Waals surface area (Å²) >= 11 is 0. The summed E-state index contributed by atoms with van der Waals surface area (Å²) in [6, 6.07) is 9.84. The molecule has 0 aliphatic heterocycles. The summed E-state index contributed by atoms with van der Waals surface area (Å²) < 4.78 is 5.10. The van der Waals surface area contributed by atoms with Gasteiger partial charge < -0.3 is 4.74 Å². The van der Waals surface area contributed by atoms with E-state index in [-0.39, 0.29) is 5.97 Å². The molecular weight excluding hydrogens is 236 g/mol. The zero-order chi connectivity index (χ0) is 13.5. The second-order valence-electron chi connectivity index (χ2n) is 4.50. The summed E-state index contributed by atoms with van der Waals surface area (Å²) in [6.07, 6.45) is 3.82. The van der Waals surface area contributed by atoms with E-state index in [1.54, 1.807) is 0 Å². The van der Waals surface area contributed by atoms with E-state index in [4.69, 9.17) is 4.74 Å². The molecule has 98 valence electrons. The monoisotopic (exact) mass is 254 g/mol. The van der Waals surface area contributed by atoms with Gasteiger partial charge in [0.15, 0.2) is 0 Å². The first kappa shape index (κ1) is 13.4. The highest BCUT2D eigenvalue weighted by molar-refractivity contribution is 5.90. The molecule has 2 nitrogen and oxygen atoms in total. The molecule has 0 heterocycles. The molecule has 1 aromatic rings. The van der Waals surface area contributed by atoms with E-state index in [1.807, 2.05) is 37.3 Å². The molecule has 1 aliphatic carbocycles. The lowest BCUT2D eigenvalue weighted by Gasteiger charge is -2.15. The van der Waals surface area contributed by atoms with Crippen LogP contribution in [0.15, 0.2) is 41.5 Å². The number of hydrogen-bond acceptors (Lipinski definition) is 2. The number of hydrogen-bond donors (Lipinski definition) is 0. The van der Waals surface area contributed by atoms with Crippen LogP contribution in [0.2, 0.25) is 0 Å². The SMILES string of the molecule is CCOC(=O)C1=C(C#Cc2ccccc2)CCCC1. The Bertz CT molecular complexity index is 529. The van der Waals surface area contributed by atoms with E-state index >= 15 is 0 Å². The maximum absolute atomic E-state index is 11.9. The average Bonchev–Trinajstić information content (AvgIpc) is 2.47. The molecule has 0 fully saturated rings. The van der Waals surface area contributed by atoms with Crippen molar-refractivity contribution in [2.24, 2.45) is 0 Å². The summed E-state index contributed by atoms with van der Waals surface area (Å²) in [5.41, 5.74) is 2.70. The third kappa shape index (κ3) is 3.72. The second kappa shape index (κ2) is 6.80. The van der Waals surface area contributed by atoms with E-state index in [9.17, 15) is 4.79 Å². The molecular formula is C17H18O2. The van der Waals surface area contributed by atoms with Crippen molar-refractivity contribution in [3.8, 4) is 11.8 Å². The van der Waals surface area contributed by atoms with Gasteiger partial charge in [-0.25, -0.2) is 4.79 Å². The van der Waals surface area contributed by atoms with Gasteiger partial charge in [-0.1, -0.05) is 30.0 Å². The predicted octanol–water partition coefficient (Wildman–Crippen LogP) is 3.47. The van der Waals surface area contributed by atoms with E-state index in [2.05, 4.69) is 11.8 Å². The minimum atomic E-state index is -0.195. The van der Waals surface area contributed by atoms with Crippen molar-refractivity contribution in [2.75, 3.05) is 6.61 Å². The molecule has 19 heavy (non-hydrogen) atoms. The predicted molar refractivity (Wildman–Crippen MR) is 75.4 cm³/mol. The molecule has 1 aromatic carbocycles. The molecule has 0 saturated carbocycles. The third-order valence-electron chi connectivity index (χ3n) is 3.12. The molecule has 0 radical (unpaired) electrons. The van der Waals surface area contributed by atoms with Crippen LogP contribution < -0.4 is 0 Å². The lowest BCUT2D eigenvalue weighted by Crippen LogP contribution is -2.12. The van der Waals surface area contributed by atoms with E-state index < -0.39 is 0 Å². The summed E-state index contributed by atoms with van der Waals surface area (Å²) in [4.78, 5) is 11.9. The largest absolute Gasteiger partial charge is 0.463 e. The van der Waals surface area contributed by atoms with Crippen LogP contribution in [0.5, 0.6) is 0 Å². The minimum Gasteiger partial charge on any atom is -0.463 e. The van der Waals surface area contributed by atoms with Crippen LogP contribution in [0.25, 0.3) is 0 Å². The van der Waals surface area contributed by atoms with Crippen LogP contribution in [-0.2, 0) is 9.53 Å². The normalized spacial score (nSPS) is 14.6. The van der Waals surface area contributed by atoms with Crippen LogP contribution in [0.1, 0.15) is 38.2 Å². The Hall–Kier alpha value is -2.01. The van der Waals surface area contributed by atoms with Crippen molar-refractivity contribution in [1.82, 2.24) is 0 Å². The highest BCUT2D eigenvalue weighted by atomic mass is 16.5. The Balaban J connectivity index is 2.24. The topological polar surface area (TPSA) is 26.3 Å². The van der Waals surface area contributed by atoms with Crippen LogP contribution in [-0.4, -0.2) is 12.6 Å². The Morgan fingerprint density at radius 1 is 1.16 bits per heavy atom. The molecule has 0 amide bonds. The number of esters is 1. The van der Waals surface area contributed by atoms with Gasteiger partial charge in [-0.3, -0.25) is 0 Å². The molecule has 0 atom stereocenters. The molecule has 2 heteroatoms. The van der Waals surface area contributed by atoms with Gasteiger partial charge in [0, 0.05) is 16.7 Å². The lowest BCUT2D eigenvalue weighted by atomic mass is 9.92. The van der Waals surface area contributed by atoms with Gasteiger partial charge >= 0.3 is 5.97 Å². The van der Waals surface area contributed by atoms with E-state index in [0.717, 1.165) is 42.4 Å². The van der Waals surface area contributed by atoms with E-state index in [0.29, 0.717) is 6.61 Å². The molecule has 1 aliphatic rings. The second-order valence-corrected chi connectivity index (χ2v) is 4.50. The van der Waals surface area contributed by atoms with Crippen molar-refractivity contribution in [2.45, 2.75) is 32.6 Å². The number of ether oxygens (including phenoxy) is 1. The quantitative estimate of drug-likeness (QED) is 0.596. The first-order chi connectivity index (χ1) is 9.31. The number of rotatable bonds is 2. The number of allylic oxidation sites excluding steroid dienone is 1. The van der Waals surface area contributed by atoms with Gasteiger partial charge in [-0.2, -0.15) is 0 Å². The van der Waals surface area contributed by atoms with Crippen molar-refractivity contribution >= 4 is 5.97 Å². The smallest absolute Gasteiger partial charge is 0.334 e. The molecule has 0 bridgehead atoms. The van der Waals surface area contributed by atoms with Gasteiger partial charge in [0.1, 0.15) is 0 Å². The molecule has 0 saturated heterocycles. The maximum Gasteiger partial charge on any atom is 0.334 e. The number of benzene rings is 1. The first-order valence-corrected chi connectivity index (χ1v) is 6.77. The molecule has 0 aromatic heterocycles. The molecule has 0 unspecified atom stereocenters. The van der Waals surface area contributed by atoms with Gasteiger partial charge in [0.25, 0.3) is 0 Å². The fourth-order valence-corrected chi connectivity index (χ4v) is 2.16. The van der Waals surface area contributed by atoms with Crippen LogP contribution in [0.4, 0.5) is 0 Å². The summed E-state index contributed by atoms with van der Waals surface area (Å²) in [7, 11) is 0. The number of carbonyl (C=O) groups is 1. The van der Waals surface area contributed by atoms with Crippen molar-refractivity contribution < 1.29 is 9.53 Å². The van der Waals surface area contributed by atoms with Crippen LogP contribution in [0, 0.1) is 11.8 Å². The van der Waals surface area contributed by atoms with Crippen molar-refractivity contribution in [3.05, 3.63) is 47.0 Å². The van der Waals surface area contributed by atoms with E-state index in [1.165, 1.54) is 0 Å². The average molecular weight is 254 g/mol. The van der Waals surface area contributed by atoms with Gasteiger partial charge in [0.05, 0.1) is 6.61 Å². The molecule has 0 N–H and O–H groups in total. The summed E-state index contributed by atoms with van der Waals surface area (Å²) in [6.45, 7) is 2.25. The van der Waals surface area contributed by atoms with Crippen molar-refractivity contribution in [3.63, 3.8) is 0 Å². The molecule has 0 spiro atoms. The standard InChI is InChI=1S/C17H18O2/c1-2-19-17(18)16-11-7-6-10-15(16)13-12-14-8-4-3-5-9-14/h3-5,8-9H,2,6-7,10-11H2,1H3. The number of carbonyl (C=O) groups excluding carboxylic acids is 1. The van der Waals surface area contributed by atoms with Crippen LogP contribution in [0.3, 0.4) is 0 Å².